The molecule has 0 unspecified atom stereocenters. The molecule has 34 heavy (non-hydrogen) atoms. The highest BCUT2D eigenvalue weighted by Gasteiger charge is 2.15. The van der Waals surface area contributed by atoms with Crippen molar-refractivity contribution in [2.24, 2.45) is 5.10 Å². The first-order chi connectivity index (χ1) is 16.3. The van der Waals surface area contributed by atoms with Crippen LogP contribution in [0.15, 0.2) is 64.2 Å². The minimum atomic E-state index is -0.910. The highest BCUT2D eigenvalue weighted by atomic mass is 79.9. The molecule has 7 nitrogen and oxygen atoms in total. The van der Waals surface area contributed by atoms with Gasteiger partial charge in [-0.15, -0.1) is 0 Å². The highest BCUT2D eigenvalue weighted by Crippen LogP contribution is 2.37. The lowest BCUT2D eigenvalue weighted by Gasteiger charge is -2.14. The quantitative estimate of drug-likeness (QED) is 0.260. The van der Waals surface area contributed by atoms with E-state index in [0.29, 0.717) is 32.8 Å². The van der Waals surface area contributed by atoms with Gasteiger partial charge in [-0.25, -0.2) is 9.82 Å². The zero-order valence-electron chi connectivity index (χ0n) is 18.8. The number of aryl methyl sites for hydroxylation is 2. The van der Waals surface area contributed by atoms with Gasteiger partial charge in [-0.05, 0) is 65.2 Å². The van der Waals surface area contributed by atoms with Crippen LogP contribution in [-0.2, 0) is 16.2 Å². The van der Waals surface area contributed by atoms with E-state index in [0.717, 1.165) is 11.1 Å². The second-order valence-corrected chi connectivity index (χ2v) is 8.24. The zero-order chi connectivity index (χ0) is 24.7. The van der Waals surface area contributed by atoms with Crippen LogP contribution in [0, 0.1) is 19.7 Å². The van der Waals surface area contributed by atoms with Crippen LogP contribution in [0.2, 0.25) is 0 Å². The van der Waals surface area contributed by atoms with E-state index in [1.165, 1.54) is 19.4 Å². The van der Waals surface area contributed by atoms with Crippen LogP contribution in [0.1, 0.15) is 22.3 Å². The largest absolute Gasteiger partial charge is 0.493 e. The molecule has 0 bridgehead atoms. The van der Waals surface area contributed by atoms with E-state index < -0.39 is 11.8 Å². The van der Waals surface area contributed by atoms with Gasteiger partial charge in [0.2, 0.25) is 0 Å². The van der Waals surface area contributed by atoms with Crippen molar-refractivity contribution in [1.29, 1.82) is 0 Å². The number of methoxy groups -OCH3 is 1. The highest BCUT2D eigenvalue weighted by molar-refractivity contribution is 9.10. The Morgan fingerprint density at radius 1 is 1.09 bits per heavy atom. The number of nitrogens with zero attached hydrogens (tertiary/aromatic N) is 1. The molecule has 3 aromatic rings. The summed E-state index contributed by atoms with van der Waals surface area (Å²) < 4.78 is 25.5. The summed E-state index contributed by atoms with van der Waals surface area (Å²) in [5.74, 6) is -1.34. The van der Waals surface area contributed by atoms with Gasteiger partial charge in [0.15, 0.2) is 11.5 Å². The molecule has 0 radical (unpaired) electrons. The van der Waals surface area contributed by atoms with Crippen LogP contribution in [0.4, 0.5) is 10.1 Å². The SMILES string of the molecule is COc1cc(/C=N/NC(=O)C(=O)Nc2ccc(C)cc2C)cc(Br)c1OCc1ccccc1F. The maximum absolute atomic E-state index is 13.9. The number of carbonyl (C=O) groups excluding carboxylic acids is 2. The second-order valence-electron chi connectivity index (χ2n) is 7.39. The third kappa shape index (κ3) is 6.41. The molecule has 0 saturated heterocycles. The first-order valence-electron chi connectivity index (χ1n) is 10.2. The fourth-order valence-electron chi connectivity index (χ4n) is 3.07. The van der Waals surface area contributed by atoms with Crippen LogP contribution in [0.25, 0.3) is 0 Å². The van der Waals surface area contributed by atoms with Gasteiger partial charge in [0.25, 0.3) is 0 Å². The van der Waals surface area contributed by atoms with E-state index in [9.17, 15) is 14.0 Å². The molecule has 0 heterocycles. The second kappa shape index (κ2) is 11.4. The number of hydrogen-bond donors (Lipinski definition) is 2. The Morgan fingerprint density at radius 3 is 2.56 bits per heavy atom. The maximum atomic E-state index is 13.9. The fourth-order valence-corrected chi connectivity index (χ4v) is 3.64. The smallest absolute Gasteiger partial charge is 0.329 e. The average Bonchev–Trinajstić information content (AvgIpc) is 2.80. The maximum Gasteiger partial charge on any atom is 0.329 e. The molecule has 0 aliphatic carbocycles. The summed E-state index contributed by atoms with van der Waals surface area (Å²) in [6.07, 6.45) is 1.36. The Morgan fingerprint density at radius 2 is 1.85 bits per heavy atom. The minimum Gasteiger partial charge on any atom is -0.493 e. The monoisotopic (exact) mass is 527 g/mol. The van der Waals surface area contributed by atoms with Gasteiger partial charge in [0.1, 0.15) is 12.4 Å². The van der Waals surface area contributed by atoms with Crippen LogP contribution >= 0.6 is 15.9 Å². The van der Waals surface area contributed by atoms with Crippen molar-refractivity contribution in [3.05, 3.63) is 87.1 Å². The summed E-state index contributed by atoms with van der Waals surface area (Å²) >= 11 is 3.41. The molecule has 0 aliphatic heterocycles. The lowest BCUT2D eigenvalue weighted by Crippen LogP contribution is -2.32. The Hall–Kier alpha value is -3.72. The molecule has 0 saturated carbocycles. The number of carbonyl (C=O) groups is 2. The molecule has 2 amide bonds. The van der Waals surface area contributed by atoms with Gasteiger partial charge in [-0.3, -0.25) is 9.59 Å². The van der Waals surface area contributed by atoms with Gasteiger partial charge in [-0.2, -0.15) is 5.10 Å². The summed E-state index contributed by atoms with van der Waals surface area (Å²) in [6, 6.07) is 15.1. The van der Waals surface area contributed by atoms with E-state index in [1.807, 2.05) is 26.0 Å². The topological polar surface area (TPSA) is 89.0 Å². The molecule has 0 aromatic heterocycles. The van der Waals surface area contributed by atoms with Gasteiger partial charge in [0, 0.05) is 11.3 Å². The van der Waals surface area contributed by atoms with E-state index in [-0.39, 0.29) is 12.4 Å². The van der Waals surface area contributed by atoms with Gasteiger partial charge >= 0.3 is 11.8 Å². The zero-order valence-corrected chi connectivity index (χ0v) is 20.4. The number of hydrazone groups is 1. The average molecular weight is 528 g/mol. The number of hydrogen-bond acceptors (Lipinski definition) is 5. The van der Waals surface area contributed by atoms with E-state index in [1.54, 1.807) is 36.4 Å². The molecule has 0 aliphatic rings. The molecule has 0 atom stereocenters. The number of anilines is 1. The molecule has 176 valence electrons. The normalized spacial score (nSPS) is 10.7. The van der Waals surface area contributed by atoms with Crippen LogP contribution in [0.5, 0.6) is 11.5 Å². The van der Waals surface area contributed by atoms with Crippen molar-refractivity contribution in [2.45, 2.75) is 20.5 Å². The summed E-state index contributed by atoms with van der Waals surface area (Å²) in [4.78, 5) is 24.2. The number of ether oxygens (including phenoxy) is 2. The van der Waals surface area contributed by atoms with Crippen molar-refractivity contribution in [1.82, 2.24) is 5.43 Å². The number of rotatable bonds is 7. The van der Waals surface area contributed by atoms with Crippen molar-refractivity contribution < 1.29 is 23.5 Å². The molecule has 9 heteroatoms. The van der Waals surface area contributed by atoms with Gasteiger partial charge < -0.3 is 14.8 Å². The van der Waals surface area contributed by atoms with E-state index >= 15 is 0 Å². The van der Waals surface area contributed by atoms with Crippen molar-refractivity contribution in [2.75, 3.05) is 12.4 Å². The minimum absolute atomic E-state index is 0.0146. The standard InChI is InChI=1S/C25H23BrFN3O4/c1-15-8-9-21(16(2)10-15)29-24(31)25(32)30-28-13-17-11-19(26)23(22(12-17)33-3)34-14-18-6-4-5-7-20(18)27/h4-13H,14H2,1-3H3,(H,29,31)(H,30,32)/b28-13+. The van der Waals surface area contributed by atoms with Crippen molar-refractivity contribution >= 4 is 39.6 Å². The predicted molar refractivity (Wildman–Crippen MR) is 132 cm³/mol. The van der Waals surface area contributed by atoms with Crippen LogP contribution in [-0.4, -0.2) is 25.1 Å². The Kier molecular flexibility index (Phi) is 8.37. The molecular formula is C25H23BrFN3O4. The third-order valence-electron chi connectivity index (χ3n) is 4.80. The molecule has 3 aromatic carbocycles. The van der Waals surface area contributed by atoms with Crippen LogP contribution < -0.4 is 20.2 Å². The summed E-state index contributed by atoms with van der Waals surface area (Å²) in [5.41, 5.74) is 5.62. The van der Waals surface area contributed by atoms with E-state index in [2.05, 4.69) is 31.8 Å². The molecule has 2 N–H and O–H groups in total. The molecule has 0 fully saturated rings. The lowest BCUT2D eigenvalue weighted by atomic mass is 10.1. The Bertz CT molecular complexity index is 1250. The molecule has 0 spiro atoms. The number of amides is 2. The summed E-state index contributed by atoms with van der Waals surface area (Å²) in [7, 11) is 1.47. The predicted octanol–water partition coefficient (Wildman–Crippen LogP) is 4.88. The number of halogens is 2. The number of nitrogens with one attached hydrogen (secondary N) is 2. The molecule has 3 rings (SSSR count). The van der Waals surface area contributed by atoms with Gasteiger partial charge in [-0.1, -0.05) is 35.9 Å². The fraction of sp³-hybridized carbons (Fsp3) is 0.160. The lowest BCUT2D eigenvalue weighted by molar-refractivity contribution is -0.136. The summed E-state index contributed by atoms with van der Waals surface area (Å²) in [6.45, 7) is 3.80. The summed E-state index contributed by atoms with van der Waals surface area (Å²) in [5, 5.41) is 6.40. The molecular weight excluding hydrogens is 505 g/mol. The van der Waals surface area contributed by atoms with Crippen molar-refractivity contribution in [3.8, 4) is 11.5 Å². The van der Waals surface area contributed by atoms with Crippen LogP contribution in [0.3, 0.4) is 0 Å². The third-order valence-corrected chi connectivity index (χ3v) is 5.39. The number of benzene rings is 3. The van der Waals surface area contributed by atoms with E-state index in [4.69, 9.17) is 9.47 Å². The van der Waals surface area contributed by atoms with Gasteiger partial charge in [0.05, 0.1) is 17.8 Å². The Balaban J connectivity index is 1.63. The first-order valence-corrected chi connectivity index (χ1v) is 11.0. The first kappa shape index (κ1) is 24.9. The van der Waals surface area contributed by atoms with Crippen molar-refractivity contribution in [3.63, 3.8) is 0 Å². The Labute approximate surface area is 205 Å².